The Hall–Kier alpha value is -1.96. The van der Waals surface area contributed by atoms with Crippen molar-refractivity contribution in [3.8, 4) is 0 Å². The molecule has 0 spiro atoms. The highest BCUT2D eigenvalue weighted by Crippen LogP contribution is 2.53. The summed E-state index contributed by atoms with van der Waals surface area (Å²) in [4.78, 5) is 24.3. The van der Waals surface area contributed by atoms with Crippen LogP contribution in [0, 0.1) is 23.4 Å². The number of amides is 2. The molecular weight excluding hydrogens is 428 g/mol. The Morgan fingerprint density at radius 1 is 1.04 bits per heavy atom. The van der Waals surface area contributed by atoms with E-state index in [0.717, 1.165) is 18.2 Å². The van der Waals surface area contributed by atoms with Crippen LogP contribution < -0.4 is 10.6 Å². The summed E-state index contributed by atoms with van der Waals surface area (Å²) in [5.41, 5.74) is -1.29. The van der Waals surface area contributed by atoms with Crippen molar-refractivity contribution in [3.05, 3.63) is 58.4 Å². The van der Waals surface area contributed by atoms with E-state index >= 15 is 0 Å². The molecule has 0 bridgehead atoms. The zero-order valence-corrected chi connectivity index (χ0v) is 15.5. The number of alkyl halides is 2. The number of halogens is 6. The van der Waals surface area contributed by atoms with Crippen molar-refractivity contribution in [2.45, 2.75) is 10.8 Å². The van der Waals surface area contributed by atoms with E-state index < -0.39 is 45.1 Å². The Balaban J connectivity index is 1.84. The number of carbonyl (C=O) groups excluding carboxylic acids is 2. The molecule has 4 nitrogen and oxygen atoms in total. The zero-order valence-electron chi connectivity index (χ0n) is 13.3. The quantitative estimate of drug-likeness (QED) is 0.651. The lowest BCUT2D eigenvalue weighted by atomic mass is 10.1. The van der Waals surface area contributed by atoms with Crippen molar-refractivity contribution in [3.63, 3.8) is 0 Å². The van der Waals surface area contributed by atoms with Crippen LogP contribution in [-0.2, 0) is 4.79 Å². The first-order valence-corrected chi connectivity index (χ1v) is 8.66. The molecule has 1 unspecified atom stereocenters. The molecule has 2 aromatic rings. The number of nitrogens with one attached hydrogen (secondary N) is 2. The van der Waals surface area contributed by atoms with Gasteiger partial charge in [-0.3, -0.25) is 9.59 Å². The average molecular weight is 438 g/mol. The highest BCUT2D eigenvalue weighted by Gasteiger charge is 2.56. The van der Waals surface area contributed by atoms with Crippen molar-refractivity contribution < 1.29 is 22.8 Å². The number of hydrogen-bond acceptors (Lipinski definition) is 2. The maximum atomic E-state index is 14.7. The van der Waals surface area contributed by atoms with Gasteiger partial charge in [0.2, 0.25) is 5.91 Å². The maximum Gasteiger partial charge on any atom is 0.260 e. The van der Waals surface area contributed by atoms with E-state index in [1.54, 1.807) is 0 Å². The molecule has 1 aliphatic carbocycles. The smallest absolute Gasteiger partial charge is 0.260 e. The lowest BCUT2D eigenvalue weighted by Crippen LogP contribution is -2.20. The van der Waals surface area contributed by atoms with E-state index in [4.69, 9.17) is 34.8 Å². The lowest BCUT2D eigenvalue weighted by Gasteiger charge is -2.12. The largest absolute Gasteiger partial charge is 0.323 e. The summed E-state index contributed by atoms with van der Waals surface area (Å²) in [6, 6.07) is 4.82. The summed E-state index contributed by atoms with van der Waals surface area (Å²) in [6.07, 6.45) is 0.217. The minimum Gasteiger partial charge on any atom is -0.323 e. The molecule has 1 aliphatic rings. The minimum atomic E-state index is -1.20. The third kappa shape index (κ3) is 4.15. The molecule has 2 N–H and O–H groups in total. The van der Waals surface area contributed by atoms with Gasteiger partial charge < -0.3 is 10.6 Å². The second-order valence-electron chi connectivity index (χ2n) is 5.87. The van der Waals surface area contributed by atoms with Gasteiger partial charge in [0, 0.05) is 6.07 Å². The third-order valence-electron chi connectivity index (χ3n) is 3.90. The predicted molar refractivity (Wildman–Crippen MR) is 96.9 cm³/mol. The Morgan fingerprint density at radius 2 is 1.67 bits per heavy atom. The molecule has 1 atom stereocenters. The van der Waals surface area contributed by atoms with Crippen LogP contribution in [0.5, 0.6) is 0 Å². The first-order chi connectivity index (χ1) is 12.6. The molecule has 1 saturated carbocycles. The maximum absolute atomic E-state index is 14.7. The molecule has 2 aromatic carbocycles. The van der Waals surface area contributed by atoms with Crippen LogP contribution in [0.1, 0.15) is 16.8 Å². The summed E-state index contributed by atoms with van der Waals surface area (Å²) >= 11 is 17.5. The van der Waals surface area contributed by atoms with Crippen LogP contribution in [-0.4, -0.2) is 16.1 Å². The highest BCUT2D eigenvalue weighted by atomic mass is 35.5. The summed E-state index contributed by atoms with van der Waals surface area (Å²) in [6.45, 7) is 0. The lowest BCUT2D eigenvalue weighted by molar-refractivity contribution is -0.117. The van der Waals surface area contributed by atoms with E-state index in [0.29, 0.717) is 6.07 Å². The molecule has 1 fully saturated rings. The zero-order chi connectivity index (χ0) is 19.9. The average Bonchev–Trinajstić information content (AvgIpc) is 3.22. The topological polar surface area (TPSA) is 58.2 Å². The van der Waals surface area contributed by atoms with Gasteiger partial charge in [-0.2, -0.15) is 0 Å². The Labute approximate surface area is 166 Å². The predicted octanol–water partition coefficient (Wildman–Crippen LogP) is 5.14. The van der Waals surface area contributed by atoms with Gasteiger partial charge in [0.05, 0.1) is 27.9 Å². The van der Waals surface area contributed by atoms with E-state index in [-0.39, 0.29) is 22.8 Å². The summed E-state index contributed by atoms with van der Waals surface area (Å²) in [5, 5.41) is 4.13. The SMILES string of the molecule is O=C(Nc1ccc(F)cc1F)c1c(Cl)ccc(NC(=O)C2CC2(Cl)Cl)c1F. The van der Waals surface area contributed by atoms with E-state index in [9.17, 15) is 22.8 Å². The van der Waals surface area contributed by atoms with Gasteiger partial charge in [0.1, 0.15) is 16.0 Å². The van der Waals surface area contributed by atoms with Crippen LogP contribution in [0.3, 0.4) is 0 Å². The van der Waals surface area contributed by atoms with E-state index in [1.165, 1.54) is 6.07 Å². The van der Waals surface area contributed by atoms with Gasteiger partial charge >= 0.3 is 0 Å². The van der Waals surface area contributed by atoms with Crippen LogP contribution in [0.4, 0.5) is 24.5 Å². The highest BCUT2D eigenvalue weighted by molar-refractivity contribution is 6.52. The van der Waals surface area contributed by atoms with E-state index in [1.807, 2.05) is 0 Å². The fraction of sp³-hybridized carbons (Fsp3) is 0.176. The molecule has 0 saturated heterocycles. The standard InChI is InChI=1S/C17H10Cl3F3N2O2/c18-9-2-4-12(25-15(26)8-6-17(8,19)20)14(23)13(9)16(27)24-11-3-1-7(21)5-10(11)22/h1-5,8H,6H2,(H,24,27)(H,25,26). The van der Waals surface area contributed by atoms with Gasteiger partial charge in [-0.15, -0.1) is 23.2 Å². The molecule has 142 valence electrons. The fourth-order valence-corrected chi connectivity index (χ4v) is 3.09. The Bertz CT molecular complexity index is 953. The number of hydrogen-bond donors (Lipinski definition) is 2. The van der Waals surface area contributed by atoms with Crippen LogP contribution in [0.15, 0.2) is 30.3 Å². The second-order valence-corrected chi connectivity index (χ2v) is 7.82. The summed E-state index contributed by atoms with van der Waals surface area (Å²) in [7, 11) is 0. The third-order valence-corrected chi connectivity index (χ3v) is 5.05. The number of anilines is 2. The second kappa shape index (κ2) is 7.22. The van der Waals surface area contributed by atoms with Crippen molar-refractivity contribution in [2.75, 3.05) is 10.6 Å². The van der Waals surface area contributed by atoms with Gasteiger partial charge in [0.15, 0.2) is 5.82 Å². The molecule has 2 amide bonds. The van der Waals surface area contributed by atoms with Gasteiger partial charge in [0.25, 0.3) is 5.91 Å². The first-order valence-electron chi connectivity index (χ1n) is 7.53. The van der Waals surface area contributed by atoms with Crippen molar-refractivity contribution >= 4 is 58.0 Å². The van der Waals surface area contributed by atoms with Crippen molar-refractivity contribution in [1.29, 1.82) is 0 Å². The van der Waals surface area contributed by atoms with E-state index in [2.05, 4.69) is 10.6 Å². The fourth-order valence-electron chi connectivity index (χ4n) is 2.35. The number of rotatable bonds is 4. The normalized spacial score (nSPS) is 17.3. The number of benzene rings is 2. The van der Waals surface area contributed by atoms with Gasteiger partial charge in [-0.05, 0) is 30.7 Å². The van der Waals surface area contributed by atoms with Gasteiger partial charge in [-0.1, -0.05) is 11.6 Å². The van der Waals surface area contributed by atoms with Crippen molar-refractivity contribution in [2.24, 2.45) is 5.92 Å². The first kappa shape index (κ1) is 19.8. The summed E-state index contributed by atoms with van der Waals surface area (Å²) in [5.74, 6) is -5.40. The molecule has 0 aromatic heterocycles. The number of carbonyl (C=O) groups is 2. The molecule has 0 radical (unpaired) electrons. The van der Waals surface area contributed by atoms with Crippen molar-refractivity contribution in [1.82, 2.24) is 0 Å². The van der Waals surface area contributed by atoms with Crippen LogP contribution in [0.25, 0.3) is 0 Å². The molecule has 0 heterocycles. The molecule has 3 rings (SSSR count). The molecule has 27 heavy (non-hydrogen) atoms. The monoisotopic (exact) mass is 436 g/mol. The van der Waals surface area contributed by atoms with Gasteiger partial charge in [-0.25, -0.2) is 13.2 Å². The molecular formula is C17H10Cl3F3N2O2. The Morgan fingerprint density at radius 3 is 2.26 bits per heavy atom. The van der Waals surface area contributed by atoms with Crippen LogP contribution >= 0.6 is 34.8 Å². The molecule has 0 aliphatic heterocycles. The minimum absolute atomic E-state index is 0.217. The Kier molecular flexibility index (Phi) is 5.29. The molecule has 10 heteroatoms. The summed E-state index contributed by atoms with van der Waals surface area (Å²) < 4.78 is 40.1. The van der Waals surface area contributed by atoms with Crippen LogP contribution in [0.2, 0.25) is 5.02 Å².